The first kappa shape index (κ1) is 16.9. The number of rotatable bonds is 6. The van der Waals surface area contributed by atoms with Gasteiger partial charge in [0.15, 0.2) is 5.96 Å². The van der Waals surface area contributed by atoms with Crippen molar-refractivity contribution < 1.29 is 13.2 Å². The minimum atomic E-state index is -3.19. The average molecular weight is 336 g/mol. The van der Waals surface area contributed by atoms with Gasteiger partial charge >= 0.3 is 0 Å². The molecule has 0 aromatic rings. The van der Waals surface area contributed by atoms with Gasteiger partial charge in [0.05, 0.1) is 18.4 Å². The summed E-state index contributed by atoms with van der Waals surface area (Å²) in [5.41, 5.74) is 5.73. The van der Waals surface area contributed by atoms with Gasteiger partial charge in [-0.3, -0.25) is 4.99 Å². The number of nitrogens with two attached hydrogens (primary N) is 1. The van der Waals surface area contributed by atoms with Crippen LogP contribution in [0.4, 0.5) is 0 Å². The Bertz CT molecular complexity index is 443. The Balaban J connectivity index is 1.68. The molecule has 0 aromatic carbocycles. The first-order chi connectivity index (χ1) is 10.1. The fourth-order valence-corrected chi connectivity index (χ4v) is 4.80. The average Bonchev–Trinajstić information content (AvgIpc) is 2.99. The van der Waals surface area contributed by atoms with Crippen LogP contribution in [-0.4, -0.2) is 74.8 Å². The number of ether oxygens (including phenoxy) is 1. The van der Waals surface area contributed by atoms with Gasteiger partial charge in [0.25, 0.3) is 0 Å². The summed E-state index contributed by atoms with van der Waals surface area (Å²) in [6.45, 7) is 2.83. The Morgan fingerprint density at radius 3 is 2.86 bits per heavy atom. The van der Waals surface area contributed by atoms with Crippen LogP contribution in [0.2, 0.25) is 0 Å². The third kappa shape index (κ3) is 5.65. The van der Waals surface area contributed by atoms with Crippen LogP contribution < -0.4 is 11.1 Å². The largest absolute Gasteiger partial charge is 0.376 e. The summed E-state index contributed by atoms with van der Waals surface area (Å²) in [4.78, 5) is 4.18. The lowest BCUT2D eigenvalue weighted by Crippen LogP contribution is -2.43. The highest BCUT2D eigenvalue weighted by Gasteiger charge is 2.23. The van der Waals surface area contributed by atoms with Crippen molar-refractivity contribution in [3.05, 3.63) is 0 Å². The smallest absolute Gasteiger partial charge is 0.215 e. The first-order valence-corrected chi connectivity index (χ1v) is 10.1. The van der Waals surface area contributed by atoms with Gasteiger partial charge in [0.2, 0.25) is 10.0 Å². The van der Waals surface area contributed by atoms with E-state index in [9.17, 15) is 8.42 Å². The van der Waals surface area contributed by atoms with E-state index < -0.39 is 10.0 Å². The standard InChI is InChI=1S/C12H24N4O3S2/c13-12(15-10-11-2-1-6-19-11)14-3-9-21(17,18)16-4-7-20-8-5-16/h11H,1-10H2,(H3,13,14,15). The molecule has 0 bridgehead atoms. The van der Waals surface area contributed by atoms with E-state index in [0.717, 1.165) is 31.0 Å². The third-order valence-electron chi connectivity index (χ3n) is 3.52. The SMILES string of the molecule is NC(=NCC1CCCO1)NCCS(=O)(=O)N1CCSCC1. The highest BCUT2D eigenvalue weighted by molar-refractivity contribution is 7.99. The Kier molecular flexibility index (Phi) is 6.59. The van der Waals surface area contributed by atoms with Gasteiger partial charge in [0.1, 0.15) is 0 Å². The number of guanidine groups is 1. The molecular formula is C12H24N4O3S2. The van der Waals surface area contributed by atoms with Crippen molar-refractivity contribution >= 4 is 27.7 Å². The minimum absolute atomic E-state index is 0.0494. The second kappa shape index (κ2) is 8.21. The maximum absolute atomic E-state index is 12.1. The van der Waals surface area contributed by atoms with E-state index in [1.54, 1.807) is 16.1 Å². The predicted octanol–water partition coefficient (Wildman–Crippen LogP) is -0.552. The van der Waals surface area contributed by atoms with Crippen molar-refractivity contribution in [1.82, 2.24) is 9.62 Å². The molecule has 122 valence electrons. The summed E-state index contributed by atoms with van der Waals surface area (Å²) in [6.07, 6.45) is 2.23. The summed E-state index contributed by atoms with van der Waals surface area (Å²) in [5.74, 6) is 2.08. The molecule has 0 radical (unpaired) electrons. The molecule has 2 fully saturated rings. The molecule has 9 heteroatoms. The summed E-state index contributed by atoms with van der Waals surface area (Å²) in [5, 5.41) is 2.86. The summed E-state index contributed by atoms with van der Waals surface area (Å²) >= 11 is 1.79. The predicted molar refractivity (Wildman–Crippen MR) is 86.2 cm³/mol. The van der Waals surface area contributed by atoms with Gasteiger partial charge in [-0.15, -0.1) is 0 Å². The second-order valence-corrected chi connectivity index (χ2v) is 8.43. The molecule has 0 saturated carbocycles. The van der Waals surface area contributed by atoms with Gasteiger partial charge in [-0.1, -0.05) is 0 Å². The molecule has 21 heavy (non-hydrogen) atoms. The molecule has 0 amide bonds. The maximum Gasteiger partial charge on any atom is 0.215 e. The van der Waals surface area contributed by atoms with Crippen molar-refractivity contribution in [2.24, 2.45) is 10.7 Å². The van der Waals surface area contributed by atoms with E-state index in [0.29, 0.717) is 19.6 Å². The van der Waals surface area contributed by atoms with Crippen LogP contribution in [0.3, 0.4) is 0 Å². The van der Waals surface area contributed by atoms with Gasteiger partial charge in [-0.05, 0) is 12.8 Å². The lowest BCUT2D eigenvalue weighted by Gasteiger charge is -2.25. The Hall–Kier alpha value is -0.510. The highest BCUT2D eigenvalue weighted by atomic mass is 32.2. The molecule has 2 aliphatic heterocycles. The normalized spacial score (nSPS) is 25.1. The van der Waals surface area contributed by atoms with E-state index >= 15 is 0 Å². The van der Waals surface area contributed by atoms with Crippen LogP contribution in [-0.2, 0) is 14.8 Å². The lowest BCUT2D eigenvalue weighted by molar-refractivity contribution is 0.118. The molecule has 1 unspecified atom stereocenters. The van der Waals surface area contributed by atoms with Gasteiger partial charge in [0, 0.05) is 37.7 Å². The van der Waals surface area contributed by atoms with Gasteiger partial charge in [-0.25, -0.2) is 12.7 Å². The molecule has 7 nitrogen and oxygen atoms in total. The van der Waals surface area contributed by atoms with Crippen LogP contribution >= 0.6 is 11.8 Å². The summed E-state index contributed by atoms with van der Waals surface area (Å²) < 4.78 is 31.2. The zero-order chi connectivity index (χ0) is 15.1. The van der Waals surface area contributed by atoms with E-state index in [4.69, 9.17) is 10.5 Å². The van der Waals surface area contributed by atoms with Crippen molar-refractivity contribution in [3.63, 3.8) is 0 Å². The quantitative estimate of drug-likeness (QED) is 0.499. The van der Waals surface area contributed by atoms with Crippen LogP contribution in [0.25, 0.3) is 0 Å². The molecule has 2 aliphatic rings. The van der Waals surface area contributed by atoms with Crippen molar-refractivity contribution in [1.29, 1.82) is 0 Å². The topological polar surface area (TPSA) is 97.0 Å². The number of aliphatic imine (C=N–C) groups is 1. The zero-order valence-electron chi connectivity index (χ0n) is 12.2. The Labute approximate surface area is 130 Å². The molecule has 1 atom stereocenters. The van der Waals surface area contributed by atoms with Crippen LogP contribution in [0.1, 0.15) is 12.8 Å². The molecule has 2 heterocycles. The number of hydrogen-bond acceptors (Lipinski definition) is 5. The fraction of sp³-hybridized carbons (Fsp3) is 0.917. The minimum Gasteiger partial charge on any atom is -0.376 e. The molecule has 0 spiro atoms. The zero-order valence-corrected chi connectivity index (χ0v) is 13.8. The maximum atomic E-state index is 12.1. The second-order valence-electron chi connectivity index (χ2n) is 5.12. The number of thioether (sulfide) groups is 1. The highest BCUT2D eigenvalue weighted by Crippen LogP contribution is 2.13. The van der Waals surface area contributed by atoms with Crippen LogP contribution in [0, 0.1) is 0 Å². The van der Waals surface area contributed by atoms with Crippen molar-refractivity contribution in [3.8, 4) is 0 Å². The number of nitrogens with zero attached hydrogens (tertiary/aromatic N) is 2. The lowest BCUT2D eigenvalue weighted by atomic mass is 10.2. The Morgan fingerprint density at radius 2 is 2.19 bits per heavy atom. The number of nitrogens with one attached hydrogen (secondary N) is 1. The van der Waals surface area contributed by atoms with Gasteiger partial charge < -0.3 is 15.8 Å². The van der Waals surface area contributed by atoms with Crippen molar-refractivity contribution in [2.45, 2.75) is 18.9 Å². The number of sulfonamides is 1. The molecule has 0 aliphatic carbocycles. The third-order valence-corrected chi connectivity index (χ3v) is 6.33. The molecule has 2 saturated heterocycles. The van der Waals surface area contributed by atoms with Crippen molar-refractivity contribution in [2.75, 3.05) is 50.0 Å². The van der Waals surface area contributed by atoms with Crippen LogP contribution in [0.15, 0.2) is 4.99 Å². The molecule has 2 rings (SSSR count). The fourth-order valence-electron chi connectivity index (χ4n) is 2.31. The first-order valence-electron chi connectivity index (χ1n) is 7.29. The van der Waals surface area contributed by atoms with E-state index in [2.05, 4.69) is 10.3 Å². The van der Waals surface area contributed by atoms with E-state index in [1.807, 2.05) is 0 Å². The number of hydrogen-bond donors (Lipinski definition) is 2. The van der Waals surface area contributed by atoms with Gasteiger partial charge in [-0.2, -0.15) is 11.8 Å². The Morgan fingerprint density at radius 1 is 1.43 bits per heavy atom. The van der Waals surface area contributed by atoms with E-state index in [1.165, 1.54) is 0 Å². The summed E-state index contributed by atoms with van der Waals surface area (Å²) in [6, 6.07) is 0. The molecule has 0 aromatic heterocycles. The summed E-state index contributed by atoms with van der Waals surface area (Å²) in [7, 11) is -3.19. The molecular weight excluding hydrogens is 312 g/mol. The van der Waals surface area contributed by atoms with Crippen LogP contribution in [0.5, 0.6) is 0 Å². The monoisotopic (exact) mass is 336 g/mol. The molecule has 3 N–H and O–H groups in total. The van der Waals surface area contributed by atoms with E-state index in [-0.39, 0.29) is 24.4 Å².